The van der Waals surface area contributed by atoms with Gasteiger partial charge in [0.25, 0.3) is 0 Å². The van der Waals surface area contributed by atoms with Gasteiger partial charge in [-0.15, -0.1) is 10.2 Å². The summed E-state index contributed by atoms with van der Waals surface area (Å²) in [6.07, 6.45) is 0.908. The van der Waals surface area contributed by atoms with Crippen LogP contribution < -0.4 is 10.6 Å². The van der Waals surface area contributed by atoms with Crippen LogP contribution in [-0.2, 0) is 25.8 Å². The smallest absolute Gasteiger partial charge is 0.244 e. The van der Waals surface area contributed by atoms with Gasteiger partial charge in [0.2, 0.25) is 16.9 Å². The summed E-state index contributed by atoms with van der Waals surface area (Å²) in [7, 11) is -4.00. The van der Waals surface area contributed by atoms with Crippen molar-refractivity contribution in [2.24, 2.45) is 0 Å². The third-order valence-corrected chi connectivity index (χ3v) is 7.46. The summed E-state index contributed by atoms with van der Waals surface area (Å²) < 4.78 is 25.3. The molecular formula is C19H26N4O4S2. The molecule has 158 valence electrons. The number of rotatable bonds is 9. The van der Waals surface area contributed by atoms with Gasteiger partial charge in [-0.05, 0) is 30.5 Å². The molecule has 2 rings (SSSR count). The molecule has 0 aliphatic carbocycles. The summed E-state index contributed by atoms with van der Waals surface area (Å²) in [5.41, 5.74) is 1.62. The van der Waals surface area contributed by atoms with Crippen LogP contribution in [0.1, 0.15) is 50.6 Å². The zero-order valence-electron chi connectivity index (χ0n) is 16.9. The first-order chi connectivity index (χ1) is 13.7. The number of nitrogens with zero attached hydrogens (tertiary/aromatic N) is 2. The zero-order valence-corrected chi connectivity index (χ0v) is 18.6. The molecule has 2 aromatic rings. The van der Waals surface area contributed by atoms with E-state index in [-0.39, 0.29) is 17.5 Å². The summed E-state index contributed by atoms with van der Waals surface area (Å²) >= 11 is 1.20. The first-order valence-corrected chi connectivity index (χ1v) is 11.9. The van der Waals surface area contributed by atoms with E-state index in [9.17, 15) is 18.0 Å². The van der Waals surface area contributed by atoms with Crippen LogP contribution in [0.5, 0.6) is 0 Å². The number of sulfone groups is 1. The Morgan fingerprint density at radius 3 is 2.24 bits per heavy atom. The lowest BCUT2D eigenvalue weighted by Gasteiger charge is -2.15. The largest absolute Gasteiger partial charge is 0.325 e. The summed E-state index contributed by atoms with van der Waals surface area (Å²) in [5, 5.41) is 12.5. The number of nitrogens with one attached hydrogen (secondary N) is 2. The number of hydrogen-bond donors (Lipinski definition) is 2. The highest BCUT2D eigenvalue weighted by Crippen LogP contribution is 2.23. The van der Waals surface area contributed by atoms with E-state index in [2.05, 4.69) is 20.8 Å². The highest BCUT2D eigenvalue weighted by Gasteiger charge is 2.33. The lowest BCUT2D eigenvalue weighted by molar-refractivity contribution is -0.115. The summed E-state index contributed by atoms with van der Waals surface area (Å²) in [4.78, 5) is 24.7. The summed E-state index contributed by atoms with van der Waals surface area (Å²) in [5.74, 6) is -2.02. The second-order valence-electron chi connectivity index (χ2n) is 6.89. The molecule has 0 saturated heterocycles. The maximum absolute atomic E-state index is 12.7. The Kier molecular flexibility index (Phi) is 7.86. The molecule has 10 heteroatoms. The van der Waals surface area contributed by atoms with E-state index in [1.165, 1.54) is 11.3 Å². The lowest BCUT2D eigenvalue weighted by Crippen LogP contribution is -2.39. The van der Waals surface area contributed by atoms with Gasteiger partial charge in [0.15, 0.2) is 9.84 Å². The fraction of sp³-hybridized carbons (Fsp3) is 0.474. The molecule has 0 spiro atoms. The maximum Gasteiger partial charge on any atom is 0.244 e. The quantitative estimate of drug-likeness (QED) is 0.621. The third-order valence-electron chi connectivity index (χ3n) is 4.24. The van der Waals surface area contributed by atoms with Crippen LogP contribution in [0.4, 0.5) is 10.8 Å². The van der Waals surface area contributed by atoms with Crippen molar-refractivity contribution in [3.05, 3.63) is 34.8 Å². The average Bonchev–Trinajstić information content (AvgIpc) is 3.10. The summed E-state index contributed by atoms with van der Waals surface area (Å²) in [6.45, 7) is 7.49. The highest BCUT2D eigenvalue weighted by atomic mass is 32.2. The monoisotopic (exact) mass is 438 g/mol. The predicted molar refractivity (Wildman–Crippen MR) is 115 cm³/mol. The van der Waals surface area contributed by atoms with Crippen molar-refractivity contribution in [3.63, 3.8) is 0 Å². The van der Waals surface area contributed by atoms with Crippen LogP contribution in [0.25, 0.3) is 0 Å². The highest BCUT2D eigenvalue weighted by molar-refractivity contribution is 7.93. The van der Waals surface area contributed by atoms with Crippen molar-refractivity contribution in [2.75, 3.05) is 16.4 Å². The minimum Gasteiger partial charge on any atom is -0.325 e. The van der Waals surface area contributed by atoms with Crippen LogP contribution >= 0.6 is 11.3 Å². The molecule has 1 atom stereocenters. The van der Waals surface area contributed by atoms with Crippen LogP contribution in [0.2, 0.25) is 0 Å². The maximum atomic E-state index is 12.7. The Balaban J connectivity index is 2.03. The molecule has 0 radical (unpaired) electrons. The van der Waals surface area contributed by atoms with Crippen LogP contribution in [0.3, 0.4) is 0 Å². The second kappa shape index (κ2) is 9.93. The van der Waals surface area contributed by atoms with E-state index < -0.39 is 32.7 Å². The first-order valence-electron chi connectivity index (χ1n) is 9.40. The topological polar surface area (TPSA) is 118 Å². The second-order valence-corrected chi connectivity index (χ2v) is 10.1. The molecule has 8 nitrogen and oxygen atoms in total. The summed E-state index contributed by atoms with van der Waals surface area (Å²) in [6, 6.07) is 7.16. The number of aromatic nitrogens is 2. The SMILES string of the molecule is CCc1ccc(NC(=O)CS(=O)(=O)C(CC)C(=O)Nc2nnc(C(C)C)s2)cc1. The van der Waals surface area contributed by atoms with Crippen molar-refractivity contribution < 1.29 is 18.0 Å². The van der Waals surface area contributed by atoms with Crippen molar-refractivity contribution in [2.45, 2.75) is 51.7 Å². The van der Waals surface area contributed by atoms with E-state index in [1.54, 1.807) is 19.1 Å². The van der Waals surface area contributed by atoms with Gasteiger partial charge in [-0.25, -0.2) is 8.42 Å². The Bertz CT molecular complexity index is 953. The third kappa shape index (κ3) is 6.33. The molecule has 0 fully saturated rings. The van der Waals surface area contributed by atoms with Crippen molar-refractivity contribution >= 4 is 43.8 Å². The van der Waals surface area contributed by atoms with Gasteiger partial charge in [0.05, 0.1) is 0 Å². The van der Waals surface area contributed by atoms with E-state index in [0.717, 1.165) is 17.0 Å². The number of amides is 2. The molecule has 2 N–H and O–H groups in total. The molecule has 29 heavy (non-hydrogen) atoms. The molecule has 0 bridgehead atoms. The van der Waals surface area contributed by atoms with E-state index in [4.69, 9.17) is 0 Å². The molecule has 1 aromatic heterocycles. The number of aryl methyl sites for hydroxylation is 1. The van der Waals surface area contributed by atoms with Gasteiger partial charge in [-0.1, -0.05) is 51.2 Å². The van der Waals surface area contributed by atoms with Gasteiger partial charge in [0.1, 0.15) is 16.0 Å². The Morgan fingerprint density at radius 1 is 1.07 bits per heavy atom. The molecule has 2 amide bonds. The van der Waals surface area contributed by atoms with E-state index in [0.29, 0.717) is 5.69 Å². The van der Waals surface area contributed by atoms with Gasteiger partial charge in [-0.3, -0.25) is 14.9 Å². The molecule has 1 unspecified atom stereocenters. The fourth-order valence-corrected chi connectivity index (χ4v) is 4.89. The van der Waals surface area contributed by atoms with Crippen LogP contribution in [0.15, 0.2) is 24.3 Å². The lowest BCUT2D eigenvalue weighted by atomic mass is 10.1. The van der Waals surface area contributed by atoms with E-state index in [1.807, 2.05) is 32.9 Å². The van der Waals surface area contributed by atoms with Crippen LogP contribution in [-0.4, -0.2) is 41.4 Å². The van der Waals surface area contributed by atoms with Gasteiger partial charge in [-0.2, -0.15) is 0 Å². The Hall–Kier alpha value is -2.33. The van der Waals surface area contributed by atoms with Gasteiger partial charge in [0, 0.05) is 11.6 Å². The van der Waals surface area contributed by atoms with Crippen molar-refractivity contribution in [3.8, 4) is 0 Å². The van der Waals surface area contributed by atoms with Gasteiger partial charge >= 0.3 is 0 Å². The molecule has 0 aliphatic rings. The fourth-order valence-electron chi connectivity index (χ4n) is 2.61. The zero-order chi connectivity index (χ0) is 21.6. The number of hydrogen-bond acceptors (Lipinski definition) is 7. The first kappa shape index (κ1) is 23.0. The normalized spacial score (nSPS) is 12.6. The Morgan fingerprint density at radius 2 is 1.72 bits per heavy atom. The van der Waals surface area contributed by atoms with E-state index >= 15 is 0 Å². The minimum atomic E-state index is -4.00. The number of benzene rings is 1. The molecular weight excluding hydrogens is 412 g/mol. The molecule has 1 heterocycles. The number of anilines is 2. The predicted octanol–water partition coefficient (Wildman–Crippen LogP) is 2.99. The molecule has 0 saturated carbocycles. The standard InChI is InChI=1S/C19H26N4O4S2/c1-5-13-7-9-14(10-8-13)20-16(24)11-29(26,27)15(6-2)17(25)21-19-23-22-18(28-19)12(3)4/h7-10,12,15H,5-6,11H2,1-4H3,(H,20,24)(H,21,23,25). The number of carbonyl (C=O) groups excluding carboxylic acids is 2. The van der Waals surface area contributed by atoms with Gasteiger partial charge < -0.3 is 5.32 Å². The van der Waals surface area contributed by atoms with Crippen molar-refractivity contribution in [1.82, 2.24) is 10.2 Å². The minimum absolute atomic E-state index is 0.0441. The molecule has 1 aromatic carbocycles. The average molecular weight is 439 g/mol. The number of carbonyl (C=O) groups is 2. The van der Waals surface area contributed by atoms with Crippen LogP contribution in [0, 0.1) is 0 Å². The molecule has 0 aliphatic heterocycles. The van der Waals surface area contributed by atoms with Crippen molar-refractivity contribution in [1.29, 1.82) is 0 Å². The Labute approximate surface area is 175 Å².